The molecule has 2 aromatic heterocycles. The Morgan fingerprint density at radius 2 is 2.21 bits per heavy atom. The van der Waals surface area contributed by atoms with Gasteiger partial charge in [0.05, 0.1) is 31.7 Å². The van der Waals surface area contributed by atoms with Crippen molar-refractivity contribution in [3.8, 4) is 0 Å². The molecular weight excluding hydrogens is 318 g/mol. The number of hydrogen-bond acceptors (Lipinski definition) is 4. The maximum atomic E-state index is 13.0. The maximum Gasteiger partial charge on any atom is 0.282 e. The predicted octanol–water partition coefficient (Wildman–Crippen LogP) is 2.14. The monoisotopic (exact) mass is 336 g/mol. The van der Waals surface area contributed by atoms with Gasteiger partial charge in [0.2, 0.25) is 0 Å². The van der Waals surface area contributed by atoms with Crippen molar-refractivity contribution < 1.29 is 18.0 Å². The summed E-state index contributed by atoms with van der Waals surface area (Å²) in [7, 11) is 0. The molecule has 0 aliphatic carbocycles. The van der Waals surface area contributed by atoms with Crippen LogP contribution in [0.2, 0.25) is 0 Å². The quantitative estimate of drug-likeness (QED) is 0.862. The van der Waals surface area contributed by atoms with E-state index in [4.69, 9.17) is 4.42 Å². The smallest absolute Gasteiger partial charge is 0.282 e. The average molecular weight is 336 g/mol. The molecule has 0 unspecified atom stereocenters. The van der Waals surface area contributed by atoms with Crippen LogP contribution in [0.4, 0.5) is 8.78 Å². The Hall–Kier alpha value is -2.22. The molecule has 2 aromatic rings. The van der Waals surface area contributed by atoms with Gasteiger partial charge in [-0.2, -0.15) is 0 Å². The zero-order valence-corrected chi connectivity index (χ0v) is 13.3. The largest absolute Gasteiger partial charge is 0.472 e. The molecule has 24 heavy (non-hydrogen) atoms. The molecule has 0 bridgehead atoms. The normalized spacial score (nSPS) is 23.0. The zero-order chi connectivity index (χ0) is 16.9. The average Bonchev–Trinajstić information content (AvgIpc) is 3.16. The lowest BCUT2D eigenvalue weighted by molar-refractivity contribution is -0.113. The van der Waals surface area contributed by atoms with E-state index in [9.17, 15) is 13.6 Å². The minimum absolute atomic E-state index is 0.0352. The topological polar surface area (TPSA) is 54.5 Å². The fourth-order valence-electron chi connectivity index (χ4n) is 3.29. The number of rotatable bonds is 3. The Morgan fingerprint density at radius 3 is 2.88 bits per heavy atom. The maximum absolute atomic E-state index is 13.0. The third-order valence-corrected chi connectivity index (χ3v) is 4.67. The summed E-state index contributed by atoms with van der Waals surface area (Å²) in [6, 6.07) is 1.96. The molecule has 0 N–H and O–H groups in total. The van der Waals surface area contributed by atoms with Gasteiger partial charge in [0.25, 0.3) is 11.8 Å². The summed E-state index contributed by atoms with van der Waals surface area (Å²) in [6.45, 7) is 3.28. The number of carbonyl (C=O) groups excluding carboxylic acids is 1. The number of amides is 1. The van der Waals surface area contributed by atoms with E-state index < -0.39 is 24.9 Å². The predicted molar refractivity (Wildman–Crippen MR) is 80.6 cm³/mol. The minimum Gasteiger partial charge on any atom is -0.472 e. The highest BCUT2D eigenvalue weighted by Gasteiger charge is 2.47. The molecule has 2 aliphatic rings. The third kappa shape index (κ3) is 2.60. The molecule has 2 aliphatic heterocycles. The van der Waals surface area contributed by atoms with Crippen LogP contribution < -0.4 is 0 Å². The van der Waals surface area contributed by atoms with Gasteiger partial charge in [-0.05, 0) is 13.0 Å². The van der Waals surface area contributed by atoms with Crippen LogP contribution in [0.15, 0.2) is 29.2 Å². The van der Waals surface area contributed by atoms with Crippen LogP contribution in [-0.4, -0.2) is 50.8 Å². The Morgan fingerprint density at radius 1 is 1.42 bits per heavy atom. The lowest BCUT2D eigenvalue weighted by Gasteiger charge is -2.38. The molecule has 6 nitrogen and oxygen atoms in total. The van der Waals surface area contributed by atoms with E-state index in [0.29, 0.717) is 6.54 Å². The van der Waals surface area contributed by atoms with Crippen LogP contribution in [0, 0.1) is 0 Å². The summed E-state index contributed by atoms with van der Waals surface area (Å²) in [5.74, 6) is -2.39. The van der Waals surface area contributed by atoms with E-state index >= 15 is 0 Å². The standard InChI is InChI=1S/C16H18F2N4O2/c1-11-14-19-13(15(23)22-9-16(17,18)10-22)7-21(14)4-3-20(11)6-12-2-5-24-8-12/h2,5,7-8,11H,3-4,6,9-10H2,1H3/t11-/m1/s1. The van der Waals surface area contributed by atoms with Crippen molar-refractivity contribution in [1.82, 2.24) is 19.4 Å². The van der Waals surface area contributed by atoms with E-state index in [-0.39, 0.29) is 11.7 Å². The molecule has 0 radical (unpaired) electrons. The lowest BCUT2D eigenvalue weighted by atomic mass is 10.1. The second-order valence-corrected chi connectivity index (χ2v) is 6.47. The van der Waals surface area contributed by atoms with Gasteiger partial charge in [0.1, 0.15) is 11.5 Å². The van der Waals surface area contributed by atoms with Crippen LogP contribution in [-0.2, 0) is 13.1 Å². The van der Waals surface area contributed by atoms with Gasteiger partial charge in [-0.3, -0.25) is 9.69 Å². The van der Waals surface area contributed by atoms with E-state index in [1.165, 1.54) is 0 Å². The number of aromatic nitrogens is 2. The van der Waals surface area contributed by atoms with Crippen LogP contribution in [0.1, 0.15) is 34.8 Å². The molecule has 4 heterocycles. The highest BCUT2D eigenvalue weighted by molar-refractivity contribution is 5.93. The van der Waals surface area contributed by atoms with Crippen LogP contribution in [0.5, 0.6) is 0 Å². The molecule has 128 valence electrons. The summed E-state index contributed by atoms with van der Waals surface area (Å²) in [6.07, 6.45) is 5.04. The fourth-order valence-corrected chi connectivity index (χ4v) is 3.29. The molecule has 0 saturated carbocycles. The van der Waals surface area contributed by atoms with Gasteiger partial charge in [-0.1, -0.05) is 0 Å². The molecule has 1 saturated heterocycles. The van der Waals surface area contributed by atoms with Crippen molar-refractivity contribution in [3.05, 3.63) is 41.9 Å². The number of nitrogens with zero attached hydrogens (tertiary/aromatic N) is 4. The van der Waals surface area contributed by atoms with Crippen molar-refractivity contribution in [1.29, 1.82) is 0 Å². The third-order valence-electron chi connectivity index (χ3n) is 4.67. The van der Waals surface area contributed by atoms with E-state index in [2.05, 4.69) is 9.88 Å². The van der Waals surface area contributed by atoms with Gasteiger partial charge in [0.15, 0.2) is 0 Å². The first-order chi connectivity index (χ1) is 11.4. The van der Waals surface area contributed by atoms with Crippen molar-refractivity contribution >= 4 is 5.91 Å². The van der Waals surface area contributed by atoms with E-state index in [0.717, 1.165) is 29.4 Å². The first-order valence-corrected chi connectivity index (χ1v) is 7.92. The number of furan rings is 1. The molecule has 1 atom stereocenters. The van der Waals surface area contributed by atoms with E-state index in [1.54, 1.807) is 18.7 Å². The Balaban J connectivity index is 1.50. The van der Waals surface area contributed by atoms with Gasteiger partial charge >= 0.3 is 0 Å². The van der Waals surface area contributed by atoms with Crippen molar-refractivity contribution in [3.63, 3.8) is 0 Å². The number of fused-ring (bicyclic) bond motifs is 1. The number of halogens is 2. The van der Waals surface area contributed by atoms with Gasteiger partial charge in [-0.15, -0.1) is 0 Å². The Bertz CT molecular complexity index is 748. The number of alkyl halides is 2. The zero-order valence-electron chi connectivity index (χ0n) is 13.3. The fraction of sp³-hybridized carbons (Fsp3) is 0.500. The Kier molecular flexibility index (Phi) is 3.45. The van der Waals surface area contributed by atoms with Crippen molar-refractivity contribution in [2.45, 2.75) is 32.0 Å². The lowest BCUT2D eigenvalue weighted by Crippen LogP contribution is -2.58. The molecule has 0 spiro atoms. The van der Waals surface area contributed by atoms with E-state index in [1.807, 2.05) is 17.6 Å². The van der Waals surface area contributed by atoms with Gasteiger partial charge in [0, 0.05) is 31.4 Å². The molecule has 1 fully saturated rings. The summed E-state index contributed by atoms with van der Waals surface area (Å²) in [4.78, 5) is 20.1. The molecular formula is C16H18F2N4O2. The molecule has 1 amide bonds. The first-order valence-electron chi connectivity index (χ1n) is 7.92. The molecule has 8 heteroatoms. The second kappa shape index (κ2) is 5.41. The highest BCUT2D eigenvalue weighted by Crippen LogP contribution is 2.30. The number of likely N-dealkylation sites (tertiary alicyclic amines) is 1. The first kappa shape index (κ1) is 15.3. The van der Waals surface area contributed by atoms with Gasteiger partial charge < -0.3 is 13.9 Å². The summed E-state index contributed by atoms with van der Waals surface area (Å²) in [5, 5.41) is 0. The summed E-state index contributed by atoms with van der Waals surface area (Å²) in [5.41, 5.74) is 1.33. The SMILES string of the molecule is C[C@@H]1c2nc(C(=O)N3CC(F)(F)C3)cn2CCN1Cc1ccoc1. The molecule has 4 rings (SSSR count). The minimum atomic E-state index is -2.76. The van der Waals surface area contributed by atoms with Crippen LogP contribution in [0.25, 0.3) is 0 Å². The number of imidazole rings is 1. The van der Waals surface area contributed by atoms with Crippen LogP contribution in [0.3, 0.4) is 0 Å². The van der Waals surface area contributed by atoms with Crippen LogP contribution >= 0.6 is 0 Å². The molecule has 0 aromatic carbocycles. The number of hydrogen-bond donors (Lipinski definition) is 0. The second-order valence-electron chi connectivity index (χ2n) is 6.47. The van der Waals surface area contributed by atoms with Crippen molar-refractivity contribution in [2.24, 2.45) is 0 Å². The Labute approximate surface area is 137 Å². The summed E-state index contributed by atoms with van der Waals surface area (Å²) >= 11 is 0. The summed E-state index contributed by atoms with van der Waals surface area (Å²) < 4.78 is 32.9. The number of carbonyl (C=O) groups is 1. The van der Waals surface area contributed by atoms with Crippen molar-refractivity contribution in [2.75, 3.05) is 19.6 Å². The van der Waals surface area contributed by atoms with Gasteiger partial charge in [-0.25, -0.2) is 13.8 Å². The highest BCUT2D eigenvalue weighted by atomic mass is 19.3.